The summed E-state index contributed by atoms with van der Waals surface area (Å²) in [5, 5.41) is -0.864. The summed E-state index contributed by atoms with van der Waals surface area (Å²) < 4.78 is 146. The maximum atomic E-state index is 14.3. The number of ether oxygens (including phenoxy) is 6. The number of cyclic esters (lactones) is 4. The molecule has 19 heteroatoms. The summed E-state index contributed by atoms with van der Waals surface area (Å²) in [6.45, 7) is 13.1. The van der Waals surface area contributed by atoms with Crippen LogP contribution in [0.2, 0.25) is 36.3 Å². The van der Waals surface area contributed by atoms with Gasteiger partial charge in [0.15, 0.2) is 19.0 Å². The van der Waals surface area contributed by atoms with E-state index in [-0.39, 0.29) is 5.04 Å². The summed E-state index contributed by atoms with van der Waals surface area (Å²) in [5.74, 6) is -8.04. The molecule has 2 heterocycles. The van der Waals surface area contributed by atoms with Gasteiger partial charge in [0.05, 0.1) is 12.1 Å². The van der Waals surface area contributed by atoms with E-state index in [4.69, 9.17) is 0 Å². The van der Waals surface area contributed by atoms with Gasteiger partial charge in [0, 0.05) is 0 Å². The molecule has 2 rings (SSSR count). The van der Waals surface area contributed by atoms with Gasteiger partial charge < -0.3 is 28.4 Å². The molecule has 2 fully saturated rings. The lowest BCUT2D eigenvalue weighted by Crippen LogP contribution is -2.50. The van der Waals surface area contributed by atoms with Crippen molar-refractivity contribution in [1.82, 2.24) is 0 Å². The average molecular weight is 707 g/mol. The molecule has 0 spiro atoms. The quantitative estimate of drug-likeness (QED) is 0.140. The highest BCUT2D eigenvalue weighted by atomic mass is 28.3. The minimum Gasteiger partial charge on any atom is -0.427 e. The molecule has 0 aromatic rings. The molecule has 0 saturated carbocycles. The highest BCUT2D eigenvalue weighted by Gasteiger charge is 2.66. The third kappa shape index (κ3) is 9.18. The van der Waals surface area contributed by atoms with E-state index in [0.717, 1.165) is 6.08 Å². The Kier molecular flexibility index (Phi) is 12.2. The average Bonchev–Trinajstić information content (AvgIpc) is 3.44. The van der Waals surface area contributed by atoms with Gasteiger partial charge in [-0.25, -0.2) is 22.8 Å². The minimum atomic E-state index is -5.15. The zero-order valence-electron chi connectivity index (χ0n) is 26.6. The van der Waals surface area contributed by atoms with Crippen LogP contribution >= 0.6 is 0 Å². The predicted molar refractivity (Wildman–Crippen MR) is 147 cm³/mol. The summed E-state index contributed by atoms with van der Waals surface area (Å²) in [5.41, 5.74) is -1.56. The normalized spacial score (nSPS) is 24.2. The fourth-order valence-electron chi connectivity index (χ4n) is 3.05. The third-order valence-electron chi connectivity index (χ3n) is 8.27. The second-order valence-corrected chi connectivity index (χ2v) is 23.8. The lowest BCUT2D eigenvalue weighted by molar-refractivity contribution is -0.348. The van der Waals surface area contributed by atoms with Gasteiger partial charge in [0.1, 0.15) is 28.2 Å². The van der Waals surface area contributed by atoms with Gasteiger partial charge in [0.25, 0.3) is 0 Å². The fourth-order valence-corrected chi connectivity index (χ4v) is 5.77. The molecule has 0 radical (unpaired) electrons. The molecule has 2 atom stereocenters. The monoisotopic (exact) mass is 706 g/mol. The molecule has 2 unspecified atom stereocenters. The SMILES string of the molecule is CC(C)(C)[Si](C)(C)/C(F)=C(\F)COC1(C(F)(F)F)COC(=O)O1.CC(C)(C)[Si](C)(C)/C(F)=C/COC1(C(F)(F)F)COC(=O)O1. The second-order valence-electron chi connectivity index (χ2n) is 13.4. The number of alkyl halides is 6. The van der Waals surface area contributed by atoms with Crippen molar-refractivity contribution in [1.29, 1.82) is 0 Å². The first-order valence-corrected chi connectivity index (χ1v) is 19.4. The molecule has 0 N–H and O–H groups in total. The topological polar surface area (TPSA) is 89.5 Å². The van der Waals surface area contributed by atoms with E-state index in [1.165, 1.54) is 0 Å². The molecular weight excluding hydrogens is 667 g/mol. The molecule has 0 aliphatic carbocycles. The molecule has 262 valence electrons. The third-order valence-corrected chi connectivity index (χ3v) is 18.5. The van der Waals surface area contributed by atoms with Crippen molar-refractivity contribution in [2.75, 3.05) is 26.4 Å². The maximum Gasteiger partial charge on any atom is 0.511 e. The van der Waals surface area contributed by atoms with Crippen LogP contribution in [0, 0.1) is 0 Å². The second kappa shape index (κ2) is 13.5. The first kappa shape index (κ1) is 40.8. The lowest BCUT2D eigenvalue weighted by Gasteiger charge is -2.35. The van der Waals surface area contributed by atoms with E-state index in [9.17, 15) is 49.1 Å². The molecular formula is C26H39F9O8Si2. The van der Waals surface area contributed by atoms with Gasteiger partial charge in [-0.05, 0) is 16.2 Å². The van der Waals surface area contributed by atoms with Crippen LogP contribution in [-0.4, -0.2) is 78.8 Å². The Morgan fingerprint density at radius 2 is 1.11 bits per heavy atom. The molecule has 45 heavy (non-hydrogen) atoms. The van der Waals surface area contributed by atoms with Crippen LogP contribution in [-0.2, 0) is 28.4 Å². The first-order valence-electron chi connectivity index (χ1n) is 13.4. The molecule has 0 aromatic heterocycles. The van der Waals surface area contributed by atoms with Crippen LogP contribution in [0.15, 0.2) is 22.8 Å². The summed E-state index contributed by atoms with van der Waals surface area (Å²) >= 11 is 0. The predicted octanol–water partition coefficient (Wildman–Crippen LogP) is 8.96. The van der Waals surface area contributed by atoms with Gasteiger partial charge in [0.2, 0.25) is 0 Å². The van der Waals surface area contributed by atoms with Crippen molar-refractivity contribution in [3.63, 3.8) is 0 Å². The Bertz CT molecular complexity index is 1160. The van der Waals surface area contributed by atoms with Crippen LogP contribution in [0.1, 0.15) is 41.5 Å². The van der Waals surface area contributed by atoms with Gasteiger partial charge in [-0.3, -0.25) is 0 Å². The summed E-state index contributed by atoms with van der Waals surface area (Å²) in [6, 6.07) is 0. The van der Waals surface area contributed by atoms with Crippen LogP contribution < -0.4 is 0 Å². The number of hydrogen-bond acceptors (Lipinski definition) is 8. The molecule has 2 saturated heterocycles. The lowest BCUT2D eigenvalue weighted by atomic mass is 10.2. The highest BCUT2D eigenvalue weighted by molar-refractivity contribution is 6.86. The zero-order chi connectivity index (χ0) is 35.7. The number of hydrogen-bond donors (Lipinski definition) is 0. The molecule has 8 nitrogen and oxygen atoms in total. The van der Waals surface area contributed by atoms with Crippen LogP contribution in [0.4, 0.5) is 49.1 Å². The molecule has 0 aromatic carbocycles. The zero-order valence-corrected chi connectivity index (χ0v) is 28.6. The van der Waals surface area contributed by atoms with E-state index in [0.29, 0.717) is 0 Å². The maximum absolute atomic E-state index is 14.3. The van der Waals surface area contributed by atoms with Gasteiger partial charge in [-0.1, -0.05) is 67.7 Å². The standard InChI is InChI=1S/C13H19F5O4Si.C13H20F4O4Si/c1-11(2,3)23(4,5)9(15)8(14)6-21-12(13(16,17)18)7-20-10(19)22-12;1-11(2,3)22(4,5)9(14)6-7-20-12(13(15,16)17)8-19-10(18)21-12/h6-7H2,1-5H3;6H,7-8H2,1-5H3/b9-8-;9-6+. The number of halogens is 9. The van der Waals surface area contributed by atoms with Crippen molar-refractivity contribution in [2.45, 2.75) is 102 Å². The van der Waals surface area contributed by atoms with Crippen molar-refractivity contribution < 1.29 is 77.5 Å². The van der Waals surface area contributed by atoms with Gasteiger partial charge in [-0.15, -0.1) is 0 Å². The Labute approximate surface area is 257 Å². The smallest absolute Gasteiger partial charge is 0.427 e. The Balaban J connectivity index is 0.000000450. The minimum absolute atomic E-state index is 0.307. The van der Waals surface area contributed by atoms with Crippen molar-refractivity contribution in [3.8, 4) is 0 Å². The Hall–Kier alpha value is -2.26. The van der Waals surface area contributed by atoms with E-state index >= 15 is 0 Å². The van der Waals surface area contributed by atoms with Crippen LogP contribution in [0.5, 0.6) is 0 Å². The summed E-state index contributed by atoms with van der Waals surface area (Å²) in [4.78, 5) is 21.6. The Morgan fingerprint density at radius 3 is 1.42 bits per heavy atom. The van der Waals surface area contributed by atoms with Gasteiger partial charge >= 0.3 is 36.2 Å². The number of carbonyl (C=O) groups is 2. The fraction of sp³-hybridized carbons (Fsp3) is 0.769. The molecule has 0 amide bonds. The molecule has 2 aliphatic rings. The largest absolute Gasteiger partial charge is 0.511 e. The van der Waals surface area contributed by atoms with E-state index < -0.39 is 101 Å². The summed E-state index contributed by atoms with van der Waals surface area (Å²) in [7, 11) is -5.37. The highest BCUT2D eigenvalue weighted by Crippen LogP contribution is 2.44. The number of rotatable bonds is 8. The first-order chi connectivity index (χ1) is 19.9. The van der Waals surface area contributed by atoms with Crippen molar-refractivity contribution in [3.05, 3.63) is 22.8 Å². The van der Waals surface area contributed by atoms with Gasteiger partial charge in [-0.2, -0.15) is 26.3 Å². The van der Waals surface area contributed by atoms with Crippen molar-refractivity contribution in [2.24, 2.45) is 0 Å². The van der Waals surface area contributed by atoms with E-state index in [1.807, 2.05) is 20.8 Å². The van der Waals surface area contributed by atoms with Crippen LogP contribution in [0.3, 0.4) is 0 Å². The molecule has 0 bridgehead atoms. The summed E-state index contributed by atoms with van der Waals surface area (Å²) in [6.07, 6.45) is -12.2. The molecule has 2 aliphatic heterocycles. The van der Waals surface area contributed by atoms with E-state index in [2.05, 4.69) is 28.4 Å². The Morgan fingerprint density at radius 1 is 0.733 bits per heavy atom. The van der Waals surface area contributed by atoms with Crippen molar-refractivity contribution >= 4 is 28.5 Å². The van der Waals surface area contributed by atoms with E-state index in [1.54, 1.807) is 47.0 Å². The van der Waals surface area contributed by atoms with Crippen LogP contribution in [0.25, 0.3) is 0 Å². The number of carbonyl (C=O) groups excluding carboxylic acids is 2.